The fourth-order valence-electron chi connectivity index (χ4n) is 2.09. The minimum atomic E-state index is -0.917. The van der Waals surface area contributed by atoms with Crippen molar-refractivity contribution in [1.29, 1.82) is 0 Å². The lowest BCUT2D eigenvalue weighted by molar-refractivity contribution is 0.0693. The molecule has 4 heteroatoms. The van der Waals surface area contributed by atoms with Gasteiger partial charge in [0.25, 0.3) is 0 Å². The molecule has 0 aliphatic rings. The summed E-state index contributed by atoms with van der Waals surface area (Å²) in [7, 11) is 0. The number of benzene rings is 1. The Balaban J connectivity index is 2.19. The summed E-state index contributed by atoms with van der Waals surface area (Å²) >= 11 is 0. The van der Waals surface area contributed by atoms with Crippen molar-refractivity contribution in [3.05, 3.63) is 53.9 Å². The van der Waals surface area contributed by atoms with E-state index >= 15 is 0 Å². The van der Waals surface area contributed by atoms with Gasteiger partial charge in [-0.25, -0.2) is 4.79 Å². The maximum absolute atomic E-state index is 11.3. The maximum Gasteiger partial charge on any atom is 0.337 e. The predicted molar refractivity (Wildman–Crippen MR) is 77.0 cm³/mol. The molecule has 0 radical (unpaired) electrons. The first-order chi connectivity index (χ1) is 9.58. The van der Waals surface area contributed by atoms with Crippen molar-refractivity contribution in [3.8, 4) is 5.75 Å². The van der Waals surface area contributed by atoms with Gasteiger partial charge in [-0.05, 0) is 24.1 Å². The monoisotopic (exact) mass is 273 g/mol. The van der Waals surface area contributed by atoms with Crippen LogP contribution >= 0.6 is 0 Å². The number of nitrogens with zero attached hydrogens (tertiary/aromatic N) is 1. The van der Waals surface area contributed by atoms with Gasteiger partial charge in [0.15, 0.2) is 0 Å². The van der Waals surface area contributed by atoms with Crippen LogP contribution in [-0.4, -0.2) is 15.6 Å². The van der Waals surface area contributed by atoms with Gasteiger partial charge in [-0.15, -0.1) is 0 Å². The molecule has 0 spiro atoms. The lowest BCUT2D eigenvalue weighted by atomic mass is 10.2. The van der Waals surface area contributed by atoms with Crippen molar-refractivity contribution in [3.63, 3.8) is 0 Å². The number of aromatic carboxylic acids is 1. The minimum Gasteiger partial charge on any atom is -0.487 e. The number of rotatable bonds is 6. The fourth-order valence-corrected chi connectivity index (χ4v) is 2.09. The first-order valence-corrected chi connectivity index (χ1v) is 6.67. The van der Waals surface area contributed by atoms with Crippen LogP contribution in [0.3, 0.4) is 0 Å². The summed E-state index contributed by atoms with van der Waals surface area (Å²) in [6.07, 6.45) is 1.81. The molecule has 20 heavy (non-hydrogen) atoms. The summed E-state index contributed by atoms with van der Waals surface area (Å²) in [5, 5.41) is 9.24. The summed E-state index contributed by atoms with van der Waals surface area (Å²) in [5.74, 6) is 0.264. The second kappa shape index (κ2) is 6.28. The van der Waals surface area contributed by atoms with E-state index in [1.807, 2.05) is 41.1 Å². The van der Waals surface area contributed by atoms with Crippen LogP contribution in [-0.2, 0) is 13.2 Å². The summed E-state index contributed by atoms with van der Waals surface area (Å²) in [4.78, 5) is 11.3. The predicted octanol–water partition coefficient (Wildman–Crippen LogP) is 3.42. The number of aromatic nitrogens is 1. The highest BCUT2D eigenvalue weighted by Gasteiger charge is 2.16. The zero-order valence-electron chi connectivity index (χ0n) is 11.7. The topological polar surface area (TPSA) is 51.5 Å². The molecule has 0 fully saturated rings. The molecule has 1 N–H and O–H groups in total. The zero-order valence-corrected chi connectivity index (χ0v) is 11.7. The van der Waals surface area contributed by atoms with E-state index in [-0.39, 0.29) is 6.61 Å². The Bertz CT molecular complexity index is 573. The maximum atomic E-state index is 11.3. The number of hydrogen-bond acceptors (Lipinski definition) is 2. The number of para-hydroxylation sites is 1. The number of carboxylic acids is 1. The fraction of sp³-hybridized carbons (Fsp3) is 0.312. The average molecular weight is 273 g/mol. The van der Waals surface area contributed by atoms with Crippen LogP contribution in [0.2, 0.25) is 0 Å². The molecule has 0 amide bonds. The Morgan fingerprint density at radius 2 is 1.95 bits per heavy atom. The van der Waals surface area contributed by atoms with Crippen LogP contribution in [0.4, 0.5) is 0 Å². The van der Waals surface area contributed by atoms with Gasteiger partial charge in [0, 0.05) is 12.7 Å². The molecule has 0 bridgehead atoms. The van der Waals surface area contributed by atoms with E-state index in [0.29, 0.717) is 17.2 Å². The standard InChI is InChI=1S/C16H19NO3/c1-12(2)10-17-9-8-14(16(18)19)15(17)11-20-13-6-4-3-5-7-13/h3-9,12H,10-11H2,1-2H3,(H,18,19). The van der Waals surface area contributed by atoms with E-state index in [9.17, 15) is 9.90 Å². The van der Waals surface area contributed by atoms with E-state index in [1.54, 1.807) is 6.07 Å². The molecule has 0 atom stereocenters. The highest BCUT2D eigenvalue weighted by Crippen LogP contribution is 2.17. The van der Waals surface area contributed by atoms with Gasteiger partial charge >= 0.3 is 5.97 Å². The summed E-state index contributed by atoms with van der Waals surface area (Å²) in [6, 6.07) is 11.0. The number of ether oxygens (including phenoxy) is 1. The van der Waals surface area contributed by atoms with E-state index < -0.39 is 5.97 Å². The van der Waals surface area contributed by atoms with Gasteiger partial charge in [-0.2, -0.15) is 0 Å². The van der Waals surface area contributed by atoms with E-state index in [2.05, 4.69) is 13.8 Å². The quantitative estimate of drug-likeness (QED) is 0.877. The molecule has 0 saturated carbocycles. The van der Waals surface area contributed by atoms with Crippen LogP contribution in [0.5, 0.6) is 5.75 Å². The van der Waals surface area contributed by atoms with Crippen molar-refractivity contribution in [2.45, 2.75) is 27.0 Å². The van der Waals surface area contributed by atoms with Gasteiger partial charge in [0.2, 0.25) is 0 Å². The Morgan fingerprint density at radius 3 is 2.55 bits per heavy atom. The molecular formula is C16H19NO3. The number of hydrogen-bond donors (Lipinski definition) is 1. The van der Waals surface area contributed by atoms with Crippen molar-refractivity contribution in [2.24, 2.45) is 5.92 Å². The Kier molecular flexibility index (Phi) is 4.45. The summed E-state index contributed by atoms with van der Waals surface area (Å²) < 4.78 is 7.63. The molecular weight excluding hydrogens is 254 g/mol. The molecule has 4 nitrogen and oxygen atoms in total. The third-order valence-electron chi connectivity index (χ3n) is 2.99. The van der Waals surface area contributed by atoms with Crippen molar-refractivity contribution in [2.75, 3.05) is 0 Å². The molecule has 106 valence electrons. The second-order valence-electron chi connectivity index (χ2n) is 5.13. The van der Waals surface area contributed by atoms with Crippen molar-refractivity contribution >= 4 is 5.97 Å². The first kappa shape index (κ1) is 14.2. The Labute approximate surface area is 118 Å². The van der Waals surface area contributed by atoms with Gasteiger partial charge in [0.05, 0.1) is 11.3 Å². The van der Waals surface area contributed by atoms with E-state index in [1.165, 1.54) is 0 Å². The Morgan fingerprint density at radius 1 is 1.25 bits per heavy atom. The second-order valence-corrected chi connectivity index (χ2v) is 5.13. The van der Waals surface area contributed by atoms with Gasteiger partial charge in [0.1, 0.15) is 12.4 Å². The highest BCUT2D eigenvalue weighted by molar-refractivity contribution is 5.89. The molecule has 0 unspecified atom stereocenters. The van der Waals surface area contributed by atoms with Crippen molar-refractivity contribution in [1.82, 2.24) is 4.57 Å². The van der Waals surface area contributed by atoms with Crippen LogP contribution in [0.25, 0.3) is 0 Å². The summed E-state index contributed by atoms with van der Waals surface area (Å²) in [5.41, 5.74) is 1.01. The average Bonchev–Trinajstić information content (AvgIpc) is 2.80. The van der Waals surface area contributed by atoms with Gasteiger partial charge in [-0.1, -0.05) is 32.0 Å². The van der Waals surface area contributed by atoms with Crippen LogP contribution in [0, 0.1) is 5.92 Å². The van der Waals surface area contributed by atoms with Crippen LogP contribution < -0.4 is 4.74 Å². The SMILES string of the molecule is CC(C)Cn1ccc(C(=O)O)c1COc1ccccc1. The lowest BCUT2D eigenvalue weighted by Crippen LogP contribution is -2.12. The number of carbonyl (C=O) groups is 1. The molecule has 0 saturated heterocycles. The summed E-state index contributed by atoms with van der Waals surface area (Å²) in [6.45, 7) is 5.23. The molecule has 0 aliphatic carbocycles. The van der Waals surface area contributed by atoms with E-state index in [4.69, 9.17) is 4.74 Å². The third-order valence-corrected chi connectivity index (χ3v) is 2.99. The highest BCUT2D eigenvalue weighted by atomic mass is 16.5. The smallest absolute Gasteiger partial charge is 0.337 e. The number of carboxylic acid groups (broad SMARTS) is 1. The normalized spacial score (nSPS) is 10.8. The minimum absolute atomic E-state index is 0.255. The van der Waals surface area contributed by atoms with Crippen molar-refractivity contribution < 1.29 is 14.6 Å². The third kappa shape index (κ3) is 3.41. The largest absolute Gasteiger partial charge is 0.487 e. The van der Waals surface area contributed by atoms with Crippen LogP contribution in [0.1, 0.15) is 29.9 Å². The Hall–Kier alpha value is -2.23. The molecule has 2 aromatic rings. The van der Waals surface area contributed by atoms with Crippen LogP contribution in [0.15, 0.2) is 42.6 Å². The van der Waals surface area contributed by atoms with Gasteiger partial charge in [-0.3, -0.25) is 0 Å². The molecule has 1 aromatic carbocycles. The lowest BCUT2D eigenvalue weighted by Gasteiger charge is -2.13. The van der Waals surface area contributed by atoms with Gasteiger partial charge < -0.3 is 14.4 Å². The molecule has 0 aliphatic heterocycles. The molecule has 1 heterocycles. The zero-order chi connectivity index (χ0) is 14.5. The molecule has 1 aromatic heterocycles. The molecule has 2 rings (SSSR count). The van der Waals surface area contributed by atoms with E-state index in [0.717, 1.165) is 12.3 Å². The first-order valence-electron chi connectivity index (χ1n) is 6.67.